The van der Waals surface area contributed by atoms with Gasteiger partial charge in [-0.2, -0.15) is 4.37 Å². The van der Waals surface area contributed by atoms with Crippen LogP contribution in [0, 0.1) is 18.8 Å². The number of rotatable bonds is 7. The van der Waals surface area contributed by atoms with E-state index in [0.29, 0.717) is 34.6 Å². The van der Waals surface area contributed by atoms with Crippen LogP contribution in [-0.2, 0) is 17.6 Å². The number of nitrogens with one attached hydrogen (secondary N) is 4. The molecule has 0 unspecified atom stereocenters. The molecular weight excluding hydrogens is 462 g/mol. The number of thiocarbonyl (C=S) groups is 1. The lowest BCUT2D eigenvalue weighted by atomic mass is 9.91. The molecule has 7 nitrogen and oxygen atoms in total. The van der Waals surface area contributed by atoms with Crippen LogP contribution >= 0.6 is 35.1 Å². The number of hydrogen-bond acceptors (Lipinski definition) is 6. The highest BCUT2D eigenvalue weighted by molar-refractivity contribution is 7.80. The van der Waals surface area contributed by atoms with Crippen LogP contribution in [-0.4, -0.2) is 33.9 Å². The summed E-state index contributed by atoms with van der Waals surface area (Å²) >= 11 is 8.48. The number of carbonyl (C=O) groups is 2. The topological polar surface area (TPSA) is 95.2 Å². The van der Waals surface area contributed by atoms with E-state index >= 15 is 0 Å². The van der Waals surface area contributed by atoms with Gasteiger partial charge in [0.25, 0.3) is 5.91 Å². The summed E-state index contributed by atoms with van der Waals surface area (Å²) in [6.45, 7) is 2.66. The molecule has 1 atom stereocenters. The minimum Gasteiger partial charge on any atom is -0.359 e. The van der Waals surface area contributed by atoms with E-state index in [-0.39, 0.29) is 23.8 Å². The van der Waals surface area contributed by atoms with Crippen LogP contribution in [0.4, 0.5) is 10.7 Å². The standard InChI is InChI=1S/C22H27N5O2S3/c1-11-16(10-31-27-11)25-22(30)24-14-6-7-17-15(8-14)18(20(29)23-9-12-2-3-12)21(32-17)26-19(28)13-4-5-13/h10,12-14H,2-9H2,1H3,(H,23,29)(H,26,28)(H2,24,25,30)/t14-/m0/s1. The summed E-state index contributed by atoms with van der Waals surface area (Å²) in [5, 5.41) is 16.0. The van der Waals surface area contributed by atoms with Gasteiger partial charge in [0, 0.05) is 28.8 Å². The Hall–Kier alpha value is -2.04. The zero-order chi connectivity index (χ0) is 22.2. The van der Waals surface area contributed by atoms with Gasteiger partial charge in [-0.3, -0.25) is 9.59 Å². The SMILES string of the molecule is Cc1nscc1NC(=S)N[C@H]1CCc2sc(NC(=O)C3CC3)c(C(=O)NCC3CC3)c2C1. The fourth-order valence-corrected chi connectivity index (χ4v) is 6.16. The minimum absolute atomic E-state index is 0.0413. The molecule has 2 aromatic rings. The monoisotopic (exact) mass is 489 g/mol. The van der Waals surface area contributed by atoms with Crippen LogP contribution in [0.3, 0.4) is 0 Å². The van der Waals surface area contributed by atoms with Crippen molar-refractivity contribution in [1.29, 1.82) is 0 Å². The molecule has 2 fully saturated rings. The maximum absolute atomic E-state index is 13.2. The summed E-state index contributed by atoms with van der Waals surface area (Å²) < 4.78 is 4.27. The van der Waals surface area contributed by atoms with Gasteiger partial charge in [-0.15, -0.1) is 11.3 Å². The largest absolute Gasteiger partial charge is 0.359 e. The summed E-state index contributed by atoms with van der Waals surface area (Å²) in [5.74, 6) is 0.678. The molecule has 170 valence electrons. The van der Waals surface area contributed by atoms with Crippen LogP contribution in [0.5, 0.6) is 0 Å². The number of hydrogen-bond donors (Lipinski definition) is 4. The second-order valence-electron chi connectivity index (χ2n) is 8.98. The average molecular weight is 490 g/mol. The zero-order valence-electron chi connectivity index (χ0n) is 18.0. The maximum atomic E-state index is 13.2. The van der Waals surface area contributed by atoms with Crippen molar-refractivity contribution in [2.45, 2.75) is 57.9 Å². The van der Waals surface area contributed by atoms with Gasteiger partial charge in [-0.25, -0.2) is 0 Å². The predicted molar refractivity (Wildman–Crippen MR) is 133 cm³/mol. The van der Waals surface area contributed by atoms with Gasteiger partial charge in [0.05, 0.1) is 16.9 Å². The quantitative estimate of drug-likeness (QED) is 0.442. The van der Waals surface area contributed by atoms with E-state index in [9.17, 15) is 9.59 Å². The lowest BCUT2D eigenvalue weighted by Gasteiger charge is -2.25. The summed E-state index contributed by atoms with van der Waals surface area (Å²) in [7, 11) is 0. The molecule has 2 amide bonds. The first-order valence-corrected chi connectivity index (χ1v) is 13.3. The van der Waals surface area contributed by atoms with Crippen molar-refractivity contribution < 1.29 is 9.59 Å². The highest BCUT2D eigenvalue weighted by Gasteiger charge is 2.34. The van der Waals surface area contributed by atoms with Crippen LogP contribution in [0.1, 0.15) is 58.6 Å². The van der Waals surface area contributed by atoms with Gasteiger partial charge in [-0.1, -0.05) is 0 Å². The van der Waals surface area contributed by atoms with Crippen molar-refractivity contribution in [1.82, 2.24) is 15.0 Å². The van der Waals surface area contributed by atoms with Gasteiger partial charge < -0.3 is 21.3 Å². The molecule has 0 radical (unpaired) electrons. The molecule has 10 heteroatoms. The highest BCUT2D eigenvalue weighted by Crippen LogP contribution is 2.40. The minimum atomic E-state index is -0.0678. The predicted octanol–water partition coefficient (Wildman–Crippen LogP) is 3.85. The summed E-state index contributed by atoms with van der Waals surface area (Å²) in [6.07, 6.45) is 6.74. The Balaban J connectivity index is 1.31. The van der Waals surface area contributed by atoms with Crippen molar-refractivity contribution in [2.24, 2.45) is 11.8 Å². The molecule has 2 saturated carbocycles. The van der Waals surface area contributed by atoms with E-state index in [1.54, 1.807) is 11.3 Å². The molecule has 32 heavy (non-hydrogen) atoms. The summed E-state index contributed by atoms with van der Waals surface area (Å²) in [5.41, 5.74) is 3.55. The number of thiophene rings is 1. The molecule has 2 aromatic heterocycles. The molecule has 4 N–H and O–H groups in total. The Kier molecular flexibility index (Phi) is 6.18. The molecule has 2 heterocycles. The van der Waals surface area contributed by atoms with E-state index in [1.807, 2.05) is 12.3 Å². The molecule has 3 aliphatic carbocycles. The second-order valence-corrected chi connectivity index (χ2v) is 11.1. The normalized spacial score (nSPS) is 19.7. The molecule has 5 rings (SSSR count). The summed E-state index contributed by atoms with van der Waals surface area (Å²) in [4.78, 5) is 26.8. The number of carbonyl (C=O) groups excluding carboxylic acids is 2. The first-order chi connectivity index (χ1) is 15.5. The van der Waals surface area contributed by atoms with E-state index < -0.39 is 0 Å². The third-order valence-electron chi connectivity index (χ3n) is 6.25. The first-order valence-electron chi connectivity index (χ1n) is 11.2. The number of anilines is 2. The number of fused-ring (bicyclic) bond motifs is 1. The Morgan fingerprint density at radius 2 is 2.00 bits per heavy atom. The molecule has 0 saturated heterocycles. The Morgan fingerprint density at radius 3 is 2.69 bits per heavy atom. The average Bonchev–Trinajstić information content (AvgIpc) is 3.68. The number of aryl methyl sites for hydroxylation is 2. The van der Waals surface area contributed by atoms with Crippen molar-refractivity contribution in [3.8, 4) is 0 Å². The Labute approximate surface area is 200 Å². The molecular formula is C22H27N5O2S3. The van der Waals surface area contributed by atoms with Gasteiger partial charge in [-0.05, 0) is 87.1 Å². The van der Waals surface area contributed by atoms with Gasteiger partial charge >= 0.3 is 0 Å². The van der Waals surface area contributed by atoms with Crippen molar-refractivity contribution in [3.05, 3.63) is 27.1 Å². The smallest absolute Gasteiger partial charge is 0.254 e. The van der Waals surface area contributed by atoms with E-state index in [2.05, 4.69) is 25.6 Å². The van der Waals surface area contributed by atoms with Crippen molar-refractivity contribution >= 4 is 62.7 Å². The van der Waals surface area contributed by atoms with Crippen LogP contribution in [0.25, 0.3) is 0 Å². The lowest BCUT2D eigenvalue weighted by Crippen LogP contribution is -2.41. The zero-order valence-corrected chi connectivity index (χ0v) is 20.4. The number of nitrogens with zero attached hydrogens (tertiary/aromatic N) is 1. The van der Waals surface area contributed by atoms with Crippen molar-refractivity contribution in [3.63, 3.8) is 0 Å². The fourth-order valence-electron chi connectivity index (χ4n) is 4.00. The molecule has 0 bridgehead atoms. The third-order valence-corrected chi connectivity index (χ3v) is 8.40. The lowest BCUT2D eigenvalue weighted by molar-refractivity contribution is -0.117. The van der Waals surface area contributed by atoms with Crippen LogP contribution in [0.2, 0.25) is 0 Å². The molecule has 0 aliphatic heterocycles. The maximum Gasteiger partial charge on any atom is 0.254 e. The first kappa shape index (κ1) is 21.8. The van der Waals surface area contributed by atoms with Crippen molar-refractivity contribution in [2.75, 3.05) is 17.2 Å². The van der Waals surface area contributed by atoms with Gasteiger partial charge in [0.2, 0.25) is 5.91 Å². The molecule has 0 spiro atoms. The van der Waals surface area contributed by atoms with Gasteiger partial charge in [0.1, 0.15) is 5.00 Å². The number of amides is 2. The molecule has 3 aliphatic rings. The van der Waals surface area contributed by atoms with Gasteiger partial charge in [0.15, 0.2) is 5.11 Å². The fraction of sp³-hybridized carbons (Fsp3) is 0.545. The van der Waals surface area contributed by atoms with Crippen LogP contribution < -0.4 is 21.3 Å². The van der Waals surface area contributed by atoms with E-state index in [0.717, 1.165) is 42.6 Å². The third kappa shape index (κ3) is 4.97. The van der Waals surface area contributed by atoms with E-state index in [1.165, 1.54) is 29.3 Å². The summed E-state index contributed by atoms with van der Waals surface area (Å²) in [6, 6.07) is 0.131. The Morgan fingerprint density at radius 1 is 1.19 bits per heavy atom. The van der Waals surface area contributed by atoms with E-state index in [4.69, 9.17) is 12.2 Å². The second kappa shape index (κ2) is 9.07. The highest BCUT2D eigenvalue weighted by atomic mass is 32.1. The molecule has 0 aromatic carbocycles. The van der Waals surface area contributed by atoms with Crippen LogP contribution in [0.15, 0.2) is 5.38 Å². The number of aromatic nitrogens is 1. The Bertz CT molecular complexity index is 1050.